The summed E-state index contributed by atoms with van der Waals surface area (Å²) in [6.45, 7) is 0. The number of rotatable bonds is 5. The van der Waals surface area contributed by atoms with E-state index in [9.17, 15) is 13.6 Å². The maximum absolute atomic E-state index is 13.9. The molecule has 4 rings (SSSR count). The molecule has 1 amide bonds. The van der Waals surface area contributed by atoms with Crippen molar-refractivity contribution in [2.45, 2.75) is 6.42 Å². The van der Waals surface area contributed by atoms with Gasteiger partial charge in [0.2, 0.25) is 11.7 Å². The summed E-state index contributed by atoms with van der Waals surface area (Å²) in [4.78, 5) is 17.6. The number of anilines is 1. The fourth-order valence-electron chi connectivity index (χ4n) is 2.66. The molecule has 0 spiro atoms. The van der Waals surface area contributed by atoms with Crippen molar-refractivity contribution < 1.29 is 18.1 Å². The zero-order valence-electron chi connectivity index (χ0n) is 14.4. The standard InChI is InChI=1S/C20H13F2N3O2S/c21-13-7-8-14(15(22)11-13)20(26)23-16-5-2-1-4-12(16)10-18-24-19(25-27-18)17-6-3-9-28-17/h1-9,11H,10H2,(H,23,26). The van der Waals surface area contributed by atoms with Crippen molar-refractivity contribution in [3.8, 4) is 10.7 Å². The largest absolute Gasteiger partial charge is 0.339 e. The molecule has 140 valence electrons. The van der Waals surface area contributed by atoms with Gasteiger partial charge >= 0.3 is 0 Å². The first kappa shape index (κ1) is 18.0. The maximum Gasteiger partial charge on any atom is 0.258 e. The third-order valence-electron chi connectivity index (χ3n) is 3.99. The van der Waals surface area contributed by atoms with Crippen LogP contribution in [0.25, 0.3) is 10.7 Å². The molecule has 5 nitrogen and oxygen atoms in total. The summed E-state index contributed by atoms with van der Waals surface area (Å²) >= 11 is 1.50. The number of nitrogens with zero attached hydrogens (tertiary/aromatic N) is 2. The Balaban J connectivity index is 1.55. The number of carbonyl (C=O) groups is 1. The van der Waals surface area contributed by atoms with Crippen molar-refractivity contribution in [2.75, 3.05) is 5.32 Å². The molecule has 4 aromatic rings. The lowest BCUT2D eigenvalue weighted by Gasteiger charge is -2.10. The molecule has 1 N–H and O–H groups in total. The second kappa shape index (κ2) is 7.69. The van der Waals surface area contributed by atoms with Crippen molar-refractivity contribution in [1.29, 1.82) is 0 Å². The molecule has 2 heterocycles. The molecule has 0 aliphatic rings. The minimum Gasteiger partial charge on any atom is -0.339 e. The molecule has 0 saturated heterocycles. The Kier molecular flexibility index (Phi) is 4.94. The van der Waals surface area contributed by atoms with Crippen molar-refractivity contribution in [1.82, 2.24) is 10.1 Å². The van der Waals surface area contributed by atoms with Crippen LogP contribution >= 0.6 is 11.3 Å². The number of halogens is 2. The maximum atomic E-state index is 13.9. The average Bonchev–Trinajstić information content (AvgIpc) is 3.35. The van der Waals surface area contributed by atoms with E-state index >= 15 is 0 Å². The van der Waals surface area contributed by atoms with Crippen molar-refractivity contribution in [3.63, 3.8) is 0 Å². The summed E-state index contributed by atoms with van der Waals surface area (Å²) in [7, 11) is 0. The lowest BCUT2D eigenvalue weighted by molar-refractivity contribution is 0.102. The Labute approximate surface area is 162 Å². The fourth-order valence-corrected chi connectivity index (χ4v) is 3.30. The van der Waals surface area contributed by atoms with Crippen molar-refractivity contribution >= 4 is 22.9 Å². The quantitative estimate of drug-likeness (QED) is 0.519. The highest BCUT2D eigenvalue weighted by Crippen LogP contribution is 2.24. The summed E-state index contributed by atoms with van der Waals surface area (Å²) in [6, 6.07) is 13.6. The van der Waals surface area contributed by atoms with Gasteiger partial charge in [-0.3, -0.25) is 4.79 Å². The topological polar surface area (TPSA) is 68.0 Å². The number of hydrogen-bond donors (Lipinski definition) is 1. The first-order valence-corrected chi connectivity index (χ1v) is 9.19. The molecule has 0 fully saturated rings. The first-order valence-electron chi connectivity index (χ1n) is 8.31. The predicted molar refractivity (Wildman–Crippen MR) is 101 cm³/mol. The number of nitrogens with one attached hydrogen (secondary N) is 1. The van der Waals surface area contributed by atoms with Gasteiger partial charge in [0.25, 0.3) is 5.91 Å². The van der Waals surface area contributed by atoms with Crippen LogP contribution in [0, 0.1) is 11.6 Å². The monoisotopic (exact) mass is 397 g/mol. The van der Waals surface area contributed by atoms with E-state index in [0.29, 0.717) is 29.9 Å². The molecule has 0 atom stereocenters. The van der Waals surface area contributed by atoms with E-state index in [1.807, 2.05) is 17.5 Å². The van der Waals surface area contributed by atoms with Crippen LogP contribution in [0.5, 0.6) is 0 Å². The highest BCUT2D eigenvalue weighted by molar-refractivity contribution is 7.13. The van der Waals surface area contributed by atoms with Gasteiger partial charge in [-0.05, 0) is 35.2 Å². The van der Waals surface area contributed by atoms with Gasteiger partial charge in [0.1, 0.15) is 11.6 Å². The van der Waals surface area contributed by atoms with E-state index in [4.69, 9.17) is 4.52 Å². The second-order valence-corrected chi connectivity index (χ2v) is 6.85. The van der Waals surface area contributed by atoms with Gasteiger partial charge in [-0.25, -0.2) is 8.78 Å². The van der Waals surface area contributed by atoms with E-state index in [-0.39, 0.29) is 5.56 Å². The average molecular weight is 397 g/mol. The minimum atomic E-state index is -0.924. The SMILES string of the molecule is O=C(Nc1ccccc1Cc1nc(-c2cccs2)no1)c1ccc(F)cc1F. The van der Waals surface area contributed by atoms with Crippen molar-refractivity contribution in [2.24, 2.45) is 0 Å². The minimum absolute atomic E-state index is 0.242. The number of thiophene rings is 1. The summed E-state index contributed by atoms with van der Waals surface area (Å²) in [5.41, 5.74) is 0.959. The normalized spacial score (nSPS) is 10.8. The van der Waals surface area contributed by atoms with Crippen LogP contribution in [0.1, 0.15) is 21.8 Å². The van der Waals surface area contributed by atoms with Crippen LogP contribution < -0.4 is 5.32 Å². The molecule has 28 heavy (non-hydrogen) atoms. The highest BCUT2D eigenvalue weighted by atomic mass is 32.1. The molecular weight excluding hydrogens is 384 g/mol. The Morgan fingerprint density at radius 1 is 1.11 bits per heavy atom. The highest BCUT2D eigenvalue weighted by Gasteiger charge is 2.16. The van der Waals surface area contributed by atoms with Gasteiger partial charge in [-0.1, -0.05) is 29.4 Å². The molecule has 2 aromatic carbocycles. The molecule has 0 saturated carbocycles. The van der Waals surface area contributed by atoms with Gasteiger partial charge in [-0.2, -0.15) is 4.98 Å². The van der Waals surface area contributed by atoms with E-state index in [1.165, 1.54) is 11.3 Å². The Morgan fingerprint density at radius 2 is 1.96 bits per heavy atom. The number of amides is 1. The van der Waals surface area contributed by atoms with E-state index in [2.05, 4.69) is 15.5 Å². The van der Waals surface area contributed by atoms with Crippen LogP contribution in [0.4, 0.5) is 14.5 Å². The molecular formula is C20H13F2N3O2S. The van der Waals surface area contributed by atoms with Crippen molar-refractivity contribution in [3.05, 3.63) is 88.6 Å². The molecule has 0 unspecified atom stereocenters. The van der Waals surface area contributed by atoms with Gasteiger partial charge in [0.05, 0.1) is 16.9 Å². The molecule has 8 heteroatoms. The summed E-state index contributed by atoms with van der Waals surface area (Å²) in [5.74, 6) is -1.45. The summed E-state index contributed by atoms with van der Waals surface area (Å²) in [6.07, 6.45) is 0.292. The lowest BCUT2D eigenvalue weighted by Crippen LogP contribution is -2.15. The Hall–Kier alpha value is -3.39. The molecule has 2 aromatic heterocycles. The lowest BCUT2D eigenvalue weighted by atomic mass is 10.1. The Morgan fingerprint density at radius 3 is 2.75 bits per heavy atom. The van der Waals surface area contributed by atoms with Gasteiger partial charge in [0, 0.05) is 11.8 Å². The zero-order valence-corrected chi connectivity index (χ0v) is 15.2. The van der Waals surface area contributed by atoms with Gasteiger partial charge < -0.3 is 9.84 Å². The summed E-state index contributed by atoms with van der Waals surface area (Å²) in [5, 5.41) is 8.54. The first-order chi connectivity index (χ1) is 13.6. The molecule has 0 radical (unpaired) electrons. The van der Waals surface area contributed by atoms with Crippen LogP contribution in [0.3, 0.4) is 0 Å². The predicted octanol–water partition coefficient (Wildman–Crippen LogP) is 4.92. The zero-order chi connectivity index (χ0) is 19.5. The third-order valence-corrected chi connectivity index (χ3v) is 4.86. The van der Waals surface area contributed by atoms with Gasteiger partial charge in [0.15, 0.2) is 0 Å². The number of hydrogen-bond acceptors (Lipinski definition) is 5. The number of para-hydroxylation sites is 1. The van der Waals surface area contributed by atoms with Crippen LogP contribution in [0.2, 0.25) is 0 Å². The van der Waals surface area contributed by atoms with Crippen LogP contribution in [0.15, 0.2) is 64.5 Å². The number of aromatic nitrogens is 2. The Bertz CT molecular complexity index is 1130. The number of carbonyl (C=O) groups excluding carboxylic acids is 1. The molecule has 0 aliphatic heterocycles. The van der Waals surface area contributed by atoms with E-state index in [1.54, 1.807) is 24.3 Å². The molecule has 0 bridgehead atoms. The summed E-state index contributed by atoms with van der Waals surface area (Å²) < 4.78 is 32.2. The van der Waals surface area contributed by atoms with Crippen LogP contribution in [-0.2, 0) is 6.42 Å². The third kappa shape index (κ3) is 3.81. The van der Waals surface area contributed by atoms with E-state index < -0.39 is 17.5 Å². The second-order valence-electron chi connectivity index (χ2n) is 5.90. The van der Waals surface area contributed by atoms with Gasteiger partial charge in [-0.15, -0.1) is 11.3 Å². The van der Waals surface area contributed by atoms with E-state index in [0.717, 1.165) is 22.6 Å². The smallest absolute Gasteiger partial charge is 0.258 e. The molecule has 0 aliphatic carbocycles. The van der Waals surface area contributed by atoms with Crippen LogP contribution in [-0.4, -0.2) is 16.0 Å². The number of benzene rings is 2. The fraction of sp³-hybridized carbons (Fsp3) is 0.0500.